The van der Waals surface area contributed by atoms with Crippen molar-refractivity contribution in [3.8, 4) is 11.3 Å². The lowest BCUT2D eigenvalue weighted by Gasteiger charge is -2.17. The van der Waals surface area contributed by atoms with Crippen LogP contribution in [0.1, 0.15) is 19.4 Å². The summed E-state index contributed by atoms with van der Waals surface area (Å²) in [5.74, 6) is 0.678. The highest BCUT2D eigenvalue weighted by atomic mass is 16.3. The van der Waals surface area contributed by atoms with Gasteiger partial charge in [-0.25, -0.2) is 15.0 Å². The molecule has 0 fully saturated rings. The van der Waals surface area contributed by atoms with Gasteiger partial charge in [0, 0.05) is 36.3 Å². The number of fused-ring (bicyclic) bond motifs is 2. The second kappa shape index (κ2) is 6.96. The number of hydrogen-bond donors (Lipinski definition) is 3. The van der Waals surface area contributed by atoms with Gasteiger partial charge < -0.3 is 19.8 Å². The molecule has 0 saturated heterocycles. The van der Waals surface area contributed by atoms with Crippen molar-refractivity contribution in [2.24, 2.45) is 0 Å². The summed E-state index contributed by atoms with van der Waals surface area (Å²) in [6.07, 6.45) is 7.93. The van der Waals surface area contributed by atoms with Gasteiger partial charge in [0.2, 0.25) is 0 Å². The van der Waals surface area contributed by atoms with Crippen molar-refractivity contribution in [3.63, 3.8) is 0 Å². The van der Waals surface area contributed by atoms with Crippen molar-refractivity contribution >= 4 is 28.2 Å². The molecule has 0 amide bonds. The van der Waals surface area contributed by atoms with Gasteiger partial charge in [0.1, 0.15) is 0 Å². The first-order valence-electron chi connectivity index (χ1n) is 9.80. The topological polar surface area (TPSA) is 91.1 Å². The number of nitrogens with one attached hydrogen (secondary N) is 2. The Morgan fingerprint density at radius 1 is 1.10 bits per heavy atom. The summed E-state index contributed by atoms with van der Waals surface area (Å²) in [6.45, 7) is 3.62. The van der Waals surface area contributed by atoms with Crippen LogP contribution in [0, 0.1) is 0 Å². The predicted molar refractivity (Wildman–Crippen MR) is 118 cm³/mol. The summed E-state index contributed by atoms with van der Waals surface area (Å²) in [4.78, 5) is 16.7. The maximum Gasteiger partial charge on any atom is 0.180 e. The number of H-pyrrole nitrogens is 1. The summed E-state index contributed by atoms with van der Waals surface area (Å²) < 4.78 is 1.96. The van der Waals surface area contributed by atoms with Crippen LogP contribution in [0.25, 0.3) is 27.9 Å². The third-order valence-electron chi connectivity index (χ3n) is 4.94. The number of rotatable bonds is 5. The summed E-state index contributed by atoms with van der Waals surface area (Å²) in [6, 6.07) is 14.1. The van der Waals surface area contributed by atoms with E-state index < -0.39 is 5.60 Å². The van der Waals surface area contributed by atoms with E-state index in [0.29, 0.717) is 12.2 Å². The quantitative estimate of drug-likeness (QED) is 0.410. The Hall–Kier alpha value is -3.71. The average molecular weight is 398 g/mol. The standard InChI is InChI=1S/C23H22N6O/c1-23(2,30)12-15-3-6-17(7-4-15)27-21-22-24-9-10-29(22)13-20(28-21)16-5-8-18-19(11-16)26-14-25-18/h3-11,13-14,30H,12H2,1-2H3,(H,25,26)(H,27,28). The van der Waals surface area contributed by atoms with Gasteiger partial charge in [-0.05, 0) is 43.7 Å². The van der Waals surface area contributed by atoms with Gasteiger partial charge in [-0.3, -0.25) is 0 Å². The van der Waals surface area contributed by atoms with E-state index in [4.69, 9.17) is 4.98 Å². The normalized spacial score (nSPS) is 12.0. The monoisotopic (exact) mass is 398 g/mol. The number of nitrogens with zero attached hydrogens (tertiary/aromatic N) is 4. The van der Waals surface area contributed by atoms with Crippen molar-refractivity contribution in [1.82, 2.24) is 24.3 Å². The van der Waals surface area contributed by atoms with Crippen LogP contribution in [-0.2, 0) is 6.42 Å². The molecule has 5 aromatic rings. The SMILES string of the molecule is CC(C)(O)Cc1ccc(Nc2nc(-c3ccc4nc[nH]c4c3)cn3ccnc23)cc1. The average Bonchev–Trinajstić information content (AvgIpc) is 3.36. The maximum atomic E-state index is 10.0. The largest absolute Gasteiger partial charge is 0.390 e. The van der Waals surface area contributed by atoms with E-state index in [9.17, 15) is 5.11 Å². The Balaban J connectivity index is 1.50. The molecule has 3 N–H and O–H groups in total. The van der Waals surface area contributed by atoms with Crippen molar-refractivity contribution in [1.29, 1.82) is 0 Å². The number of imidazole rings is 2. The zero-order chi connectivity index (χ0) is 20.7. The highest BCUT2D eigenvalue weighted by molar-refractivity contribution is 5.81. The number of anilines is 2. The summed E-state index contributed by atoms with van der Waals surface area (Å²) in [7, 11) is 0. The number of aromatic nitrogens is 5. The highest BCUT2D eigenvalue weighted by Gasteiger charge is 2.14. The lowest BCUT2D eigenvalue weighted by molar-refractivity contribution is 0.0810. The molecule has 7 nitrogen and oxygen atoms in total. The molecule has 0 bridgehead atoms. The van der Waals surface area contributed by atoms with E-state index in [1.807, 2.05) is 73.1 Å². The second-order valence-corrected chi connectivity index (χ2v) is 8.08. The predicted octanol–water partition coefficient (Wildman–Crippen LogP) is 4.33. The fourth-order valence-corrected chi connectivity index (χ4v) is 3.59. The van der Waals surface area contributed by atoms with Crippen LogP contribution in [0.2, 0.25) is 0 Å². The fourth-order valence-electron chi connectivity index (χ4n) is 3.59. The molecule has 0 saturated carbocycles. The number of benzene rings is 2. The van der Waals surface area contributed by atoms with Gasteiger partial charge in [-0.1, -0.05) is 18.2 Å². The molecule has 3 aromatic heterocycles. The molecule has 0 aliphatic carbocycles. The summed E-state index contributed by atoms with van der Waals surface area (Å²) in [5, 5.41) is 13.4. The first-order chi connectivity index (χ1) is 14.4. The Bertz CT molecular complexity index is 1330. The molecule has 3 heterocycles. The van der Waals surface area contributed by atoms with Crippen molar-refractivity contribution in [3.05, 3.63) is 72.9 Å². The molecule has 0 unspecified atom stereocenters. The number of aliphatic hydroxyl groups is 1. The van der Waals surface area contributed by atoms with E-state index in [2.05, 4.69) is 20.3 Å². The maximum absolute atomic E-state index is 10.0. The van der Waals surface area contributed by atoms with Crippen LogP contribution in [0.3, 0.4) is 0 Å². The summed E-state index contributed by atoms with van der Waals surface area (Å²) >= 11 is 0. The lowest BCUT2D eigenvalue weighted by Crippen LogP contribution is -2.21. The van der Waals surface area contributed by atoms with E-state index in [0.717, 1.165) is 39.2 Å². The Labute approximate surface area is 173 Å². The van der Waals surface area contributed by atoms with Crippen LogP contribution in [-0.4, -0.2) is 35.0 Å². The molecule has 5 rings (SSSR count). The zero-order valence-electron chi connectivity index (χ0n) is 16.8. The molecule has 0 aliphatic heterocycles. The van der Waals surface area contributed by atoms with E-state index in [1.54, 1.807) is 12.5 Å². The molecular weight excluding hydrogens is 376 g/mol. The summed E-state index contributed by atoms with van der Waals surface area (Å²) in [5.41, 5.74) is 5.72. The van der Waals surface area contributed by atoms with Crippen LogP contribution in [0.4, 0.5) is 11.5 Å². The first-order valence-corrected chi connectivity index (χ1v) is 9.80. The molecule has 0 radical (unpaired) electrons. The Morgan fingerprint density at radius 3 is 2.73 bits per heavy atom. The van der Waals surface area contributed by atoms with Crippen LogP contribution >= 0.6 is 0 Å². The lowest BCUT2D eigenvalue weighted by atomic mass is 9.99. The molecular formula is C23H22N6O. The van der Waals surface area contributed by atoms with E-state index in [1.165, 1.54) is 0 Å². The molecule has 0 aliphatic rings. The highest BCUT2D eigenvalue weighted by Crippen LogP contribution is 2.26. The third kappa shape index (κ3) is 3.62. The number of hydrogen-bond acceptors (Lipinski definition) is 5. The fraction of sp³-hybridized carbons (Fsp3) is 0.174. The van der Waals surface area contributed by atoms with Gasteiger partial charge in [0.25, 0.3) is 0 Å². The van der Waals surface area contributed by atoms with Crippen LogP contribution < -0.4 is 5.32 Å². The van der Waals surface area contributed by atoms with Crippen LogP contribution in [0.15, 0.2) is 67.4 Å². The van der Waals surface area contributed by atoms with E-state index >= 15 is 0 Å². The Kier molecular flexibility index (Phi) is 4.25. The van der Waals surface area contributed by atoms with Gasteiger partial charge in [-0.15, -0.1) is 0 Å². The van der Waals surface area contributed by atoms with Gasteiger partial charge in [-0.2, -0.15) is 0 Å². The van der Waals surface area contributed by atoms with E-state index in [-0.39, 0.29) is 0 Å². The molecule has 2 aromatic carbocycles. The molecule has 0 atom stereocenters. The Morgan fingerprint density at radius 2 is 1.93 bits per heavy atom. The van der Waals surface area contributed by atoms with Gasteiger partial charge in [0.05, 0.1) is 28.7 Å². The van der Waals surface area contributed by atoms with Crippen molar-refractivity contribution in [2.45, 2.75) is 25.9 Å². The molecule has 30 heavy (non-hydrogen) atoms. The minimum atomic E-state index is -0.734. The zero-order valence-corrected chi connectivity index (χ0v) is 16.8. The first kappa shape index (κ1) is 18.3. The van der Waals surface area contributed by atoms with Crippen molar-refractivity contribution in [2.75, 3.05) is 5.32 Å². The van der Waals surface area contributed by atoms with Gasteiger partial charge >= 0.3 is 0 Å². The molecule has 7 heteroatoms. The minimum Gasteiger partial charge on any atom is -0.390 e. The second-order valence-electron chi connectivity index (χ2n) is 8.08. The van der Waals surface area contributed by atoms with Crippen LogP contribution in [0.5, 0.6) is 0 Å². The molecule has 0 spiro atoms. The van der Waals surface area contributed by atoms with Crippen molar-refractivity contribution < 1.29 is 5.11 Å². The molecule has 150 valence electrons. The minimum absolute atomic E-state index is 0.599. The smallest absolute Gasteiger partial charge is 0.180 e. The number of aromatic amines is 1. The van der Waals surface area contributed by atoms with Gasteiger partial charge in [0.15, 0.2) is 11.5 Å². The third-order valence-corrected chi connectivity index (χ3v) is 4.94.